The molecular formula is C15H16F3N3. The average Bonchev–Trinajstić information content (AvgIpc) is 2.42. The van der Waals surface area contributed by atoms with Gasteiger partial charge in [-0.25, -0.2) is 23.1 Å². The topological polar surface area (TPSA) is 37.8 Å². The van der Waals surface area contributed by atoms with Crippen LogP contribution in [0.4, 0.5) is 13.2 Å². The minimum absolute atomic E-state index is 0.0398. The first-order valence-corrected chi connectivity index (χ1v) is 6.47. The first-order valence-electron chi connectivity index (χ1n) is 6.47. The monoisotopic (exact) mass is 295 g/mol. The molecule has 112 valence electrons. The summed E-state index contributed by atoms with van der Waals surface area (Å²) in [5.41, 5.74) is 0.903. The van der Waals surface area contributed by atoms with Gasteiger partial charge in [-0.2, -0.15) is 0 Å². The molecule has 0 spiro atoms. The van der Waals surface area contributed by atoms with E-state index in [0.717, 1.165) is 17.7 Å². The van der Waals surface area contributed by atoms with Crippen molar-refractivity contribution >= 4 is 0 Å². The number of halogens is 3. The number of hydrogen-bond donors (Lipinski definition) is 1. The van der Waals surface area contributed by atoms with Gasteiger partial charge < -0.3 is 5.32 Å². The van der Waals surface area contributed by atoms with Gasteiger partial charge in [-0.1, -0.05) is 0 Å². The van der Waals surface area contributed by atoms with Gasteiger partial charge in [0.1, 0.15) is 0 Å². The summed E-state index contributed by atoms with van der Waals surface area (Å²) in [5.74, 6) is -3.86. The first kappa shape index (κ1) is 15.4. The van der Waals surface area contributed by atoms with E-state index in [1.165, 1.54) is 0 Å². The summed E-state index contributed by atoms with van der Waals surface area (Å²) in [6, 6.07) is 1.75. The van der Waals surface area contributed by atoms with Gasteiger partial charge in [-0.3, -0.25) is 0 Å². The fraction of sp³-hybridized carbons (Fsp3) is 0.333. The molecule has 0 saturated heterocycles. The minimum Gasteiger partial charge on any atom is -0.308 e. The van der Waals surface area contributed by atoms with Gasteiger partial charge in [0.25, 0.3) is 0 Å². The Morgan fingerprint density at radius 3 is 2.00 bits per heavy atom. The van der Waals surface area contributed by atoms with E-state index in [2.05, 4.69) is 15.3 Å². The Kier molecular flexibility index (Phi) is 4.27. The molecule has 21 heavy (non-hydrogen) atoms. The number of rotatable bonds is 3. The van der Waals surface area contributed by atoms with Gasteiger partial charge in [0.05, 0.1) is 0 Å². The van der Waals surface area contributed by atoms with Crippen molar-refractivity contribution < 1.29 is 13.2 Å². The van der Waals surface area contributed by atoms with Crippen molar-refractivity contribution in [3.8, 4) is 11.4 Å². The van der Waals surface area contributed by atoms with E-state index < -0.39 is 17.5 Å². The third kappa shape index (κ3) is 4.01. The standard InChI is InChI=1S/C15H16F3N3/c1-15(2,3)21-8-9-6-19-14(20-7-9)10-4-11(16)13(18)12(17)5-10/h4-7,21H,8H2,1-3H3. The zero-order valence-electron chi connectivity index (χ0n) is 12.0. The lowest BCUT2D eigenvalue weighted by molar-refractivity contribution is 0.423. The molecule has 1 aromatic carbocycles. The van der Waals surface area contributed by atoms with Crippen molar-refractivity contribution in [3.05, 3.63) is 47.5 Å². The van der Waals surface area contributed by atoms with Crippen molar-refractivity contribution in [1.82, 2.24) is 15.3 Å². The average molecular weight is 295 g/mol. The maximum absolute atomic E-state index is 13.2. The molecule has 1 aromatic heterocycles. The molecule has 0 saturated carbocycles. The lowest BCUT2D eigenvalue weighted by atomic mass is 10.1. The summed E-state index contributed by atoms with van der Waals surface area (Å²) in [7, 11) is 0. The third-order valence-corrected chi connectivity index (χ3v) is 2.77. The highest BCUT2D eigenvalue weighted by molar-refractivity contribution is 5.54. The van der Waals surface area contributed by atoms with Crippen LogP contribution in [-0.2, 0) is 6.54 Å². The van der Waals surface area contributed by atoms with Crippen molar-refractivity contribution in [1.29, 1.82) is 0 Å². The smallest absolute Gasteiger partial charge is 0.194 e. The van der Waals surface area contributed by atoms with E-state index in [9.17, 15) is 13.2 Å². The van der Waals surface area contributed by atoms with Crippen LogP contribution >= 0.6 is 0 Å². The van der Waals surface area contributed by atoms with Crippen LogP contribution in [-0.4, -0.2) is 15.5 Å². The van der Waals surface area contributed by atoms with Crippen molar-refractivity contribution in [2.45, 2.75) is 32.9 Å². The van der Waals surface area contributed by atoms with Crippen molar-refractivity contribution in [2.24, 2.45) is 0 Å². The molecule has 2 rings (SSSR count). The molecule has 0 aliphatic carbocycles. The Labute approximate surface area is 121 Å². The van der Waals surface area contributed by atoms with Gasteiger partial charge in [0, 0.05) is 35.6 Å². The number of benzene rings is 1. The first-order chi connectivity index (χ1) is 9.76. The SMILES string of the molecule is CC(C)(C)NCc1cnc(-c2cc(F)c(F)c(F)c2)nc1. The molecule has 3 nitrogen and oxygen atoms in total. The molecule has 0 radical (unpaired) electrons. The number of hydrogen-bond acceptors (Lipinski definition) is 3. The van der Waals surface area contributed by atoms with Crippen LogP contribution in [0.5, 0.6) is 0 Å². The number of aromatic nitrogens is 2. The highest BCUT2D eigenvalue weighted by Crippen LogP contribution is 2.20. The summed E-state index contributed by atoms with van der Waals surface area (Å²) in [6.07, 6.45) is 3.14. The zero-order chi connectivity index (χ0) is 15.6. The number of nitrogens with one attached hydrogen (secondary N) is 1. The van der Waals surface area contributed by atoms with E-state index in [0.29, 0.717) is 6.54 Å². The van der Waals surface area contributed by atoms with Gasteiger partial charge in [-0.05, 0) is 32.9 Å². The van der Waals surface area contributed by atoms with Crippen LogP contribution in [0.3, 0.4) is 0 Å². The summed E-state index contributed by atoms with van der Waals surface area (Å²) in [5, 5.41) is 3.27. The Balaban J connectivity index is 2.19. The van der Waals surface area contributed by atoms with Crippen LogP contribution < -0.4 is 5.32 Å². The molecule has 6 heteroatoms. The normalized spacial score (nSPS) is 11.7. The summed E-state index contributed by atoms with van der Waals surface area (Å²) >= 11 is 0. The number of nitrogens with zero attached hydrogens (tertiary/aromatic N) is 2. The lowest BCUT2D eigenvalue weighted by Crippen LogP contribution is -2.35. The van der Waals surface area contributed by atoms with E-state index in [1.807, 2.05) is 20.8 Å². The molecule has 0 unspecified atom stereocenters. The highest BCUT2D eigenvalue weighted by atomic mass is 19.2. The van der Waals surface area contributed by atoms with Crippen LogP contribution in [0.15, 0.2) is 24.5 Å². The Hall–Kier alpha value is -1.95. The molecule has 0 atom stereocenters. The summed E-state index contributed by atoms with van der Waals surface area (Å²) in [6.45, 7) is 6.68. The predicted molar refractivity (Wildman–Crippen MR) is 73.9 cm³/mol. The quantitative estimate of drug-likeness (QED) is 0.881. The third-order valence-electron chi connectivity index (χ3n) is 2.77. The molecule has 0 fully saturated rings. The molecule has 0 amide bonds. The van der Waals surface area contributed by atoms with Gasteiger partial charge in [0.15, 0.2) is 23.3 Å². The largest absolute Gasteiger partial charge is 0.308 e. The molecular weight excluding hydrogens is 279 g/mol. The van der Waals surface area contributed by atoms with Crippen LogP contribution in [0.1, 0.15) is 26.3 Å². The Bertz CT molecular complexity index is 611. The summed E-state index contributed by atoms with van der Waals surface area (Å²) in [4.78, 5) is 8.11. The fourth-order valence-corrected chi connectivity index (χ4v) is 1.65. The predicted octanol–water partition coefficient (Wildman–Crippen LogP) is 3.45. The fourth-order valence-electron chi connectivity index (χ4n) is 1.65. The van der Waals surface area contributed by atoms with Gasteiger partial charge in [-0.15, -0.1) is 0 Å². The van der Waals surface area contributed by atoms with Gasteiger partial charge >= 0.3 is 0 Å². The van der Waals surface area contributed by atoms with Crippen LogP contribution in [0.25, 0.3) is 11.4 Å². The molecule has 0 aliphatic heterocycles. The Morgan fingerprint density at radius 2 is 1.52 bits per heavy atom. The second-order valence-electron chi connectivity index (χ2n) is 5.77. The molecule has 1 heterocycles. The van der Waals surface area contributed by atoms with Crippen LogP contribution in [0, 0.1) is 17.5 Å². The van der Waals surface area contributed by atoms with E-state index in [1.54, 1.807) is 12.4 Å². The second kappa shape index (κ2) is 5.81. The highest BCUT2D eigenvalue weighted by Gasteiger charge is 2.13. The van der Waals surface area contributed by atoms with E-state index in [4.69, 9.17) is 0 Å². The molecule has 0 bridgehead atoms. The lowest BCUT2D eigenvalue weighted by Gasteiger charge is -2.20. The minimum atomic E-state index is -1.50. The summed E-state index contributed by atoms with van der Waals surface area (Å²) < 4.78 is 39.3. The van der Waals surface area contributed by atoms with Crippen molar-refractivity contribution in [2.75, 3.05) is 0 Å². The van der Waals surface area contributed by atoms with Crippen LogP contribution in [0.2, 0.25) is 0 Å². The molecule has 0 aliphatic rings. The molecule has 1 N–H and O–H groups in total. The maximum Gasteiger partial charge on any atom is 0.194 e. The van der Waals surface area contributed by atoms with E-state index in [-0.39, 0.29) is 16.9 Å². The molecule has 2 aromatic rings. The van der Waals surface area contributed by atoms with E-state index >= 15 is 0 Å². The Morgan fingerprint density at radius 1 is 1.00 bits per heavy atom. The van der Waals surface area contributed by atoms with Crippen molar-refractivity contribution in [3.63, 3.8) is 0 Å². The van der Waals surface area contributed by atoms with Gasteiger partial charge in [0.2, 0.25) is 0 Å². The maximum atomic E-state index is 13.2. The zero-order valence-corrected chi connectivity index (χ0v) is 12.0. The second-order valence-corrected chi connectivity index (χ2v) is 5.77.